The summed E-state index contributed by atoms with van der Waals surface area (Å²) in [6.07, 6.45) is 9.87. The second-order valence-corrected chi connectivity index (χ2v) is 8.30. The van der Waals surface area contributed by atoms with Gasteiger partial charge in [0.15, 0.2) is 0 Å². The first-order valence-electron chi connectivity index (χ1n) is 8.08. The Morgan fingerprint density at radius 2 is 1.00 bits per heavy atom. The van der Waals surface area contributed by atoms with Crippen LogP contribution in [0, 0.1) is 16.2 Å². The highest BCUT2D eigenvalue weighted by Crippen LogP contribution is 2.50. The van der Waals surface area contributed by atoms with E-state index in [2.05, 4.69) is 55.4 Å². The van der Waals surface area contributed by atoms with Crippen molar-refractivity contribution in [3.05, 3.63) is 0 Å². The quantitative estimate of drug-likeness (QED) is 0.515. The predicted octanol–water partition coefficient (Wildman–Crippen LogP) is 6.84. The van der Waals surface area contributed by atoms with Crippen LogP contribution in [0.15, 0.2) is 0 Å². The Balaban J connectivity index is 0.000000601. The topological polar surface area (TPSA) is 0 Å². The van der Waals surface area contributed by atoms with Crippen LogP contribution in [0.3, 0.4) is 0 Å². The summed E-state index contributed by atoms with van der Waals surface area (Å²) in [5.41, 5.74) is 1.37. The van der Waals surface area contributed by atoms with Gasteiger partial charge < -0.3 is 0 Å². The van der Waals surface area contributed by atoms with Crippen molar-refractivity contribution in [2.75, 3.05) is 0 Å². The monoisotopic (exact) mass is 254 g/mol. The van der Waals surface area contributed by atoms with Gasteiger partial charge in [0.1, 0.15) is 0 Å². The minimum absolute atomic E-state index is 0.439. The summed E-state index contributed by atoms with van der Waals surface area (Å²) in [6.45, 7) is 19.0. The van der Waals surface area contributed by atoms with Gasteiger partial charge in [-0.15, -0.1) is 0 Å². The maximum absolute atomic E-state index is 2.44. The highest BCUT2D eigenvalue weighted by Gasteiger charge is 2.40. The molecule has 0 aromatic rings. The van der Waals surface area contributed by atoms with Crippen molar-refractivity contribution in [1.82, 2.24) is 0 Å². The van der Waals surface area contributed by atoms with Crippen LogP contribution in [0.5, 0.6) is 0 Å². The fourth-order valence-electron chi connectivity index (χ4n) is 3.00. The molecule has 1 saturated carbocycles. The molecule has 0 unspecified atom stereocenters. The van der Waals surface area contributed by atoms with Crippen LogP contribution < -0.4 is 0 Å². The smallest absolute Gasteiger partial charge is 0.0280 e. The van der Waals surface area contributed by atoms with E-state index in [1.54, 1.807) is 0 Å². The summed E-state index contributed by atoms with van der Waals surface area (Å²) < 4.78 is 0. The molecule has 110 valence electrons. The number of hydrogen-bond donors (Lipinski definition) is 0. The van der Waals surface area contributed by atoms with Gasteiger partial charge in [0, 0.05) is 0 Å². The fraction of sp³-hybridized carbons (Fsp3) is 1.00. The van der Waals surface area contributed by atoms with Gasteiger partial charge >= 0.3 is 0 Å². The normalized spacial score (nSPS) is 16.7. The Hall–Kier alpha value is 0. The summed E-state index contributed by atoms with van der Waals surface area (Å²) in [7, 11) is 0. The first kappa shape index (κ1) is 18.0. The Morgan fingerprint density at radius 3 is 1.17 bits per heavy atom. The molecule has 0 aliphatic heterocycles. The minimum Gasteiger partial charge on any atom is -0.0648 e. The maximum Gasteiger partial charge on any atom is -0.0280 e. The van der Waals surface area contributed by atoms with E-state index in [-0.39, 0.29) is 0 Å². The molecule has 0 aromatic heterocycles. The SMILES string of the molecule is C1CCC1.CCC(C)(CC)C(C)(C)CC(C)(C)C. The second-order valence-electron chi connectivity index (χ2n) is 8.30. The van der Waals surface area contributed by atoms with E-state index < -0.39 is 0 Å². The van der Waals surface area contributed by atoms with E-state index in [4.69, 9.17) is 0 Å². The van der Waals surface area contributed by atoms with E-state index in [1.165, 1.54) is 44.9 Å². The largest absolute Gasteiger partial charge is 0.0648 e. The number of rotatable bonds is 4. The summed E-state index contributed by atoms with van der Waals surface area (Å²) in [5.74, 6) is 0. The van der Waals surface area contributed by atoms with Crippen LogP contribution >= 0.6 is 0 Å². The lowest BCUT2D eigenvalue weighted by Crippen LogP contribution is -2.37. The maximum atomic E-state index is 2.44. The Labute approximate surface area is 117 Å². The molecule has 0 heterocycles. The van der Waals surface area contributed by atoms with Gasteiger partial charge in [-0.2, -0.15) is 0 Å². The molecule has 0 nitrogen and oxygen atoms in total. The Morgan fingerprint density at radius 1 is 0.667 bits per heavy atom. The second kappa shape index (κ2) is 6.96. The molecule has 18 heavy (non-hydrogen) atoms. The molecule has 0 aromatic carbocycles. The van der Waals surface area contributed by atoms with E-state index in [0.717, 1.165) is 0 Å². The lowest BCUT2D eigenvalue weighted by molar-refractivity contribution is 0.0349. The molecular weight excluding hydrogens is 216 g/mol. The van der Waals surface area contributed by atoms with Crippen molar-refractivity contribution in [2.45, 2.75) is 100 Å². The summed E-state index contributed by atoms with van der Waals surface area (Å²) >= 11 is 0. The van der Waals surface area contributed by atoms with Gasteiger partial charge in [-0.3, -0.25) is 0 Å². The van der Waals surface area contributed by atoms with Crippen molar-refractivity contribution < 1.29 is 0 Å². The summed E-state index contributed by atoms with van der Waals surface area (Å²) in [4.78, 5) is 0. The molecular formula is C18H38. The standard InChI is InChI=1S/C14H30.C4H8/c1-9-14(8,10-2)13(6,7)11-12(3,4)5;1-2-4-3-1/h9-11H2,1-8H3;1-4H2. The lowest BCUT2D eigenvalue weighted by Gasteiger charge is -2.47. The van der Waals surface area contributed by atoms with Gasteiger partial charge in [-0.25, -0.2) is 0 Å². The molecule has 1 rings (SSSR count). The third kappa shape index (κ3) is 5.76. The molecule has 0 heteroatoms. The zero-order valence-electron chi connectivity index (χ0n) is 14.4. The average molecular weight is 255 g/mol. The highest BCUT2D eigenvalue weighted by atomic mass is 14.4. The lowest BCUT2D eigenvalue weighted by atomic mass is 9.58. The van der Waals surface area contributed by atoms with Crippen LogP contribution in [0.1, 0.15) is 100 Å². The number of hydrogen-bond acceptors (Lipinski definition) is 0. The molecule has 0 saturated heterocycles. The molecule has 0 spiro atoms. The van der Waals surface area contributed by atoms with Crippen molar-refractivity contribution in [3.8, 4) is 0 Å². The third-order valence-corrected chi connectivity index (χ3v) is 5.17. The van der Waals surface area contributed by atoms with Crippen molar-refractivity contribution in [1.29, 1.82) is 0 Å². The molecule has 0 radical (unpaired) electrons. The molecule has 1 aliphatic rings. The van der Waals surface area contributed by atoms with Gasteiger partial charge in [-0.05, 0) is 22.7 Å². The zero-order chi connectivity index (χ0) is 14.4. The first-order chi connectivity index (χ1) is 8.08. The van der Waals surface area contributed by atoms with Crippen molar-refractivity contribution in [3.63, 3.8) is 0 Å². The van der Waals surface area contributed by atoms with E-state index in [9.17, 15) is 0 Å². The van der Waals surface area contributed by atoms with Gasteiger partial charge in [0.2, 0.25) is 0 Å². The molecule has 0 N–H and O–H groups in total. The Kier molecular flexibility index (Phi) is 6.96. The van der Waals surface area contributed by atoms with Gasteiger partial charge in [-0.1, -0.05) is 93.9 Å². The first-order valence-corrected chi connectivity index (χ1v) is 8.08. The Bertz CT molecular complexity index is 205. The third-order valence-electron chi connectivity index (χ3n) is 5.17. The van der Waals surface area contributed by atoms with E-state index >= 15 is 0 Å². The van der Waals surface area contributed by atoms with Crippen LogP contribution in [0.4, 0.5) is 0 Å². The van der Waals surface area contributed by atoms with Crippen molar-refractivity contribution >= 4 is 0 Å². The minimum atomic E-state index is 0.439. The van der Waals surface area contributed by atoms with E-state index in [1.807, 2.05) is 0 Å². The molecule has 0 amide bonds. The summed E-state index contributed by atoms with van der Waals surface area (Å²) in [5, 5.41) is 0. The fourth-order valence-corrected chi connectivity index (χ4v) is 3.00. The van der Waals surface area contributed by atoms with Crippen LogP contribution in [-0.4, -0.2) is 0 Å². The summed E-state index contributed by atoms with van der Waals surface area (Å²) in [6, 6.07) is 0. The predicted molar refractivity (Wildman–Crippen MR) is 85.0 cm³/mol. The average Bonchev–Trinajstić information content (AvgIpc) is 2.09. The zero-order valence-corrected chi connectivity index (χ0v) is 14.4. The van der Waals surface area contributed by atoms with Crippen LogP contribution in [-0.2, 0) is 0 Å². The van der Waals surface area contributed by atoms with Gasteiger partial charge in [0.25, 0.3) is 0 Å². The molecule has 1 fully saturated rings. The van der Waals surface area contributed by atoms with Crippen LogP contribution in [0.25, 0.3) is 0 Å². The van der Waals surface area contributed by atoms with Crippen molar-refractivity contribution in [2.24, 2.45) is 16.2 Å². The molecule has 1 aliphatic carbocycles. The van der Waals surface area contributed by atoms with E-state index in [0.29, 0.717) is 16.2 Å². The van der Waals surface area contributed by atoms with Crippen LogP contribution in [0.2, 0.25) is 0 Å². The highest BCUT2D eigenvalue weighted by molar-refractivity contribution is 4.90. The molecule has 0 atom stereocenters. The molecule has 0 bridgehead atoms. The van der Waals surface area contributed by atoms with Gasteiger partial charge in [0.05, 0.1) is 0 Å².